The Kier molecular flexibility index (Phi) is 10.9. The van der Waals surface area contributed by atoms with Crippen LogP contribution >= 0.6 is 0 Å². The van der Waals surface area contributed by atoms with Crippen molar-refractivity contribution in [3.63, 3.8) is 0 Å². The number of aryl methyl sites for hydroxylation is 2. The van der Waals surface area contributed by atoms with Gasteiger partial charge in [0.15, 0.2) is 22.0 Å². The van der Waals surface area contributed by atoms with Crippen molar-refractivity contribution in [2.24, 2.45) is 0 Å². The van der Waals surface area contributed by atoms with Gasteiger partial charge in [-0.2, -0.15) is 13.2 Å². The highest BCUT2D eigenvalue weighted by Crippen LogP contribution is 2.20. The maximum absolute atomic E-state index is 10.7. The highest BCUT2D eigenvalue weighted by Gasteiger charge is 2.36. The Morgan fingerprint density at radius 2 is 1.62 bits per heavy atom. The smallest absolute Gasteiger partial charge is 0.485 e. The van der Waals surface area contributed by atoms with Crippen molar-refractivity contribution in [3.8, 4) is 0 Å². The fourth-order valence-corrected chi connectivity index (χ4v) is 2.02. The fraction of sp³-hybridized carbons (Fsp3) is 0.688. The van der Waals surface area contributed by atoms with Crippen LogP contribution in [0.15, 0.2) is 24.4 Å². The van der Waals surface area contributed by atoms with Crippen LogP contribution in [0.5, 0.6) is 0 Å². The normalized spacial score (nSPS) is 11.8. The van der Waals surface area contributed by atoms with Crippen LogP contribution < -0.4 is 4.57 Å². The largest absolute Gasteiger partial charge is 0.741 e. The predicted molar refractivity (Wildman–Crippen MR) is 85.1 cm³/mol. The van der Waals surface area contributed by atoms with Gasteiger partial charge in [0.25, 0.3) is 0 Å². The molecule has 0 amide bonds. The van der Waals surface area contributed by atoms with Gasteiger partial charge in [-0.05, 0) is 12.8 Å². The fourth-order valence-electron chi connectivity index (χ4n) is 2.02. The van der Waals surface area contributed by atoms with Crippen molar-refractivity contribution in [1.29, 1.82) is 0 Å². The van der Waals surface area contributed by atoms with Crippen LogP contribution in [-0.2, 0) is 23.1 Å². The molecule has 140 valence electrons. The van der Waals surface area contributed by atoms with Crippen molar-refractivity contribution >= 4 is 10.1 Å². The molecular weight excluding hydrogens is 343 g/mol. The van der Waals surface area contributed by atoms with E-state index < -0.39 is 15.6 Å². The molecule has 0 saturated carbocycles. The average Bonchev–Trinajstić information content (AvgIpc) is 2.49. The minimum Gasteiger partial charge on any atom is -0.741 e. The van der Waals surface area contributed by atoms with Crippen LogP contribution in [0.1, 0.15) is 58.1 Å². The molecular formula is C16H26F3NO3S. The summed E-state index contributed by atoms with van der Waals surface area (Å²) >= 11 is 0. The van der Waals surface area contributed by atoms with Gasteiger partial charge < -0.3 is 4.55 Å². The molecule has 1 rings (SSSR count). The third-order valence-corrected chi connectivity index (χ3v) is 3.92. The summed E-state index contributed by atoms with van der Waals surface area (Å²) in [4.78, 5) is 0. The summed E-state index contributed by atoms with van der Waals surface area (Å²) in [7, 11) is -6.09. The molecule has 0 spiro atoms. The number of hydrogen-bond donors (Lipinski definition) is 0. The summed E-state index contributed by atoms with van der Waals surface area (Å²) in [6.45, 7) is 5.72. The van der Waals surface area contributed by atoms with Crippen LogP contribution in [0, 0.1) is 0 Å². The van der Waals surface area contributed by atoms with Crippen LogP contribution in [0.3, 0.4) is 0 Å². The van der Waals surface area contributed by atoms with Gasteiger partial charge in [-0.15, -0.1) is 0 Å². The molecule has 0 aromatic carbocycles. The van der Waals surface area contributed by atoms with Crippen molar-refractivity contribution < 1.29 is 30.7 Å². The lowest BCUT2D eigenvalue weighted by molar-refractivity contribution is -0.704. The van der Waals surface area contributed by atoms with Gasteiger partial charge in [0.05, 0.1) is 0 Å². The first kappa shape index (κ1) is 22.9. The summed E-state index contributed by atoms with van der Waals surface area (Å²) in [5.41, 5.74) is -4.15. The lowest BCUT2D eigenvalue weighted by Gasteiger charge is -2.08. The Hall–Kier alpha value is -1.15. The molecule has 1 heterocycles. The van der Waals surface area contributed by atoms with Gasteiger partial charge in [0, 0.05) is 25.0 Å². The first-order chi connectivity index (χ1) is 11.1. The zero-order chi connectivity index (χ0) is 18.6. The summed E-state index contributed by atoms with van der Waals surface area (Å²) in [5.74, 6) is 0. The second-order valence-electron chi connectivity index (χ2n) is 5.45. The van der Waals surface area contributed by atoms with E-state index >= 15 is 0 Å². The Bertz CT molecular complexity index is 560. The molecule has 0 aliphatic carbocycles. The maximum Gasteiger partial charge on any atom is 0.485 e. The third-order valence-electron chi connectivity index (χ3n) is 3.36. The molecule has 0 radical (unpaired) electrons. The van der Waals surface area contributed by atoms with E-state index in [-0.39, 0.29) is 0 Å². The van der Waals surface area contributed by atoms with Crippen LogP contribution in [0.25, 0.3) is 0 Å². The number of pyridine rings is 1. The zero-order valence-corrected chi connectivity index (χ0v) is 15.0. The number of nitrogens with zero attached hydrogens (tertiary/aromatic N) is 1. The van der Waals surface area contributed by atoms with E-state index in [2.05, 4.69) is 42.8 Å². The van der Waals surface area contributed by atoms with Crippen LogP contribution in [0.2, 0.25) is 0 Å². The third kappa shape index (κ3) is 9.87. The summed E-state index contributed by atoms with van der Waals surface area (Å²) in [5, 5.41) is 0. The predicted octanol–water partition coefficient (Wildman–Crippen LogP) is 3.95. The Labute approximate surface area is 142 Å². The second-order valence-corrected chi connectivity index (χ2v) is 6.82. The summed E-state index contributed by atoms with van der Waals surface area (Å²) < 4.78 is 61.3. The zero-order valence-electron chi connectivity index (χ0n) is 14.2. The first-order valence-corrected chi connectivity index (χ1v) is 9.53. The van der Waals surface area contributed by atoms with E-state index in [4.69, 9.17) is 13.0 Å². The number of aromatic nitrogens is 1. The molecule has 0 atom stereocenters. The van der Waals surface area contributed by atoms with Crippen molar-refractivity contribution in [2.45, 2.75) is 70.8 Å². The molecule has 0 aliphatic heterocycles. The molecule has 0 saturated heterocycles. The average molecular weight is 369 g/mol. The lowest BCUT2D eigenvalue weighted by Crippen LogP contribution is -2.37. The number of hydrogen-bond acceptors (Lipinski definition) is 3. The molecule has 0 fully saturated rings. The van der Waals surface area contributed by atoms with E-state index in [1.165, 1.54) is 57.2 Å². The molecule has 0 N–H and O–H groups in total. The highest BCUT2D eigenvalue weighted by molar-refractivity contribution is 7.86. The monoisotopic (exact) mass is 369 g/mol. The van der Waals surface area contributed by atoms with Crippen LogP contribution in [-0.4, -0.2) is 18.5 Å². The number of rotatable bonds is 8. The number of alkyl halides is 3. The number of unbranched alkanes of at least 4 members (excludes halogenated alkanes) is 4. The standard InChI is InChI=1S/C15H26N.CHF3O3S/c1-3-5-7-9-13-16-14-10-8-12-15(16)11-6-4-2;2-1(3,4)8(5,6)7/h8,10,12,14H,3-7,9,11,13H2,1-2H3;(H,5,6,7)/q+1;/p-1. The lowest BCUT2D eigenvalue weighted by atomic mass is 10.1. The molecule has 4 nitrogen and oxygen atoms in total. The summed E-state index contributed by atoms with van der Waals surface area (Å²) in [6.07, 6.45) is 11.4. The molecule has 8 heteroatoms. The van der Waals surface area contributed by atoms with Gasteiger partial charge in [0.2, 0.25) is 0 Å². The molecule has 1 aromatic heterocycles. The van der Waals surface area contributed by atoms with Crippen molar-refractivity contribution in [1.82, 2.24) is 0 Å². The minimum absolute atomic E-state index is 1.19. The Balaban J connectivity index is 0.000000561. The quantitative estimate of drug-likeness (QED) is 0.302. The SMILES string of the molecule is CCCCCC[n+]1ccccc1CCCC.O=S(=O)([O-])C(F)(F)F. The topological polar surface area (TPSA) is 61.1 Å². The van der Waals surface area contributed by atoms with E-state index in [1.54, 1.807) is 0 Å². The van der Waals surface area contributed by atoms with Gasteiger partial charge >= 0.3 is 5.51 Å². The summed E-state index contributed by atoms with van der Waals surface area (Å²) in [6, 6.07) is 6.58. The maximum atomic E-state index is 10.7. The Morgan fingerprint density at radius 3 is 2.12 bits per heavy atom. The van der Waals surface area contributed by atoms with Gasteiger partial charge in [0.1, 0.15) is 6.54 Å². The van der Waals surface area contributed by atoms with Gasteiger partial charge in [-0.3, -0.25) is 0 Å². The Morgan fingerprint density at radius 1 is 1.04 bits per heavy atom. The van der Waals surface area contributed by atoms with E-state index in [0.717, 1.165) is 0 Å². The second kappa shape index (κ2) is 11.4. The number of halogens is 3. The van der Waals surface area contributed by atoms with E-state index in [9.17, 15) is 13.2 Å². The first-order valence-electron chi connectivity index (χ1n) is 8.13. The van der Waals surface area contributed by atoms with Crippen molar-refractivity contribution in [2.75, 3.05) is 0 Å². The minimum atomic E-state index is -6.09. The molecule has 0 unspecified atom stereocenters. The van der Waals surface area contributed by atoms with Gasteiger partial charge in [-0.25, -0.2) is 13.0 Å². The van der Waals surface area contributed by atoms with Crippen LogP contribution in [0.4, 0.5) is 13.2 Å². The molecule has 1 aromatic rings. The van der Waals surface area contributed by atoms with E-state index in [0.29, 0.717) is 0 Å². The van der Waals surface area contributed by atoms with Crippen molar-refractivity contribution in [3.05, 3.63) is 30.1 Å². The highest BCUT2D eigenvalue weighted by atomic mass is 32.2. The van der Waals surface area contributed by atoms with E-state index in [1.807, 2.05) is 0 Å². The molecule has 24 heavy (non-hydrogen) atoms. The molecule has 0 aliphatic rings. The van der Waals surface area contributed by atoms with Gasteiger partial charge in [-0.1, -0.05) is 39.2 Å². The molecule has 0 bridgehead atoms.